The molecule has 158 valence electrons. The molecule has 2 amide bonds. The van der Waals surface area contributed by atoms with E-state index in [1.54, 1.807) is 26.8 Å². The van der Waals surface area contributed by atoms with Gasteiger partial charge in [-0.05, 0) is 30.7 Å². The first-order chi connectivity index (χ1) is 14.4. The molecular weight excluding hydrogens is 385 g/mol. The van der Waals surface area contributed by atoms with Crippen molar-refractivity contribution in [3.05, 3.63) is 60.0 Å². The molecule has 2 aromatic carbocycles. The van der Waals surface area contributed by atoms with Crippen molar-refractivity contribution in [1.29, 1.82) is 0 Å². The minimum atomic E-state index is -0.811. The number of benzene rings is 2. The standard InChI is InChI=1S/C23H26FN3O3/c1-4-30-21-10-9-16(12-18(21)24)26-23(29)20(27-22(28)14(2)3)11-15-13-25-19-8-6-5-7-17(15)19/h5-10,12-14,20,25H,4,11H2,1-3H3,(H,26,29)(H,27,28). The number of H-pyrrole nitrogens is 1. The summed E-state index contributed by atoms with van der Waals surface area (Å²) in [6.45, 7) is 5.63. The third-order valence-electron chi connectivity index (χ3n) is 4.76. The predicted octanol–water partition coefficient (Wildman–Crippen LogP) is 4.03. The van der Waals surface area contributed by atoms with Gasteiger partial charge in [0.2, 0.25) is 11.8 Å². The Morgan fingerprint density at radius 1 is 1.13 bits per heavy atom. The van der Waals surface area contributed by atoms with Gasteiger partial charge >= 0.3 is 0 Å². The fourth-order valence-electron chi connectivity index (χ4n) is 3.15. The highest BCUT2D eigenvalue weighted by atomic mass is 19.1. The summed E-state index contributed by atoms with van der Waals surface area (Å²) >= 11 is 0. The molecule has 3 rings (SSSR count). The summed E-state index contributed by atoms with van der Waals surface area (Å²) in [6, 6.07) is 11.2. The van der Waals surface area contributed by atoms with Crippen molar-refractivity contribution in [3.63, 3.8) is 0 Å². The smallest absolute Gasteiger partial charge is 0.247 e. The lowest BCUT2D eigenvalue weighted by Crippen LogP contribution is -2.46. The Labute approximate surface area is 174 Å². The van der Waals surface area contributed by atoms with E-state index < -0.39 is 17.8 Å². The first-order valence-electron chi connectivity index (χ1n) is 9.97. The lowest BCUT2D eigenvalue weighted by atomic mass is 10.0. The van der Waals surface area contributed by atoms with E-state index in [9.17, 15) is 14.0 Å². The van der Waals surface area contributed by atoms with E-state index in [0.717, 1.165) is 16.5 Å². The van der Waals surface area contributed by atoms with Gasteiger partial charge in [-0.3, -0.25) is 9.59 Å². The molecule has 0 saturated carbocycles. The molecule has 0 bridgehead atoms. The largest absolute Gasteiger partial charge is 0.491 e. The Balaban J connectivity index is 1.81. The first-order valence-corrected chi connectivity index (χ1v) is 9.97. The van der Waals surface area contributed by atoms with E-state index in [0.29, 0.717) is 18.7 Å². The second-order valence-corrected chi connectivity index (χ2v) is 7.35. The fourth-order valence-corrected chi connectivity index (χ4v) is 3.15. The van der Waals surface area contributed by atoms with Crippen LogP contribution in [0.5, 0.6) is 5.75 Å². The van der Waals surface area contributed by atoms with Crippen molar-refractivity contribution >= 4 is 28.4 Å². The number of nitrogens with one attached hydrogen (secondary N) is 3. The number of para-hydroxylation sites is 1. The third-order valence-corrected chi connectivity index (χ3v) is 4.76. The number of carbonyl (C=O) groups is 2. The maximum absolute atomic E-state index is 14.1. The molecule has 6 nitrogen and oxygen atoms in total. The summed E-state index contributed by atoms with van der Waals surface area (Å²) in [4.78, 5) is 28.4. The van der Waals surface area contributed by atoms with Crippen molar-refractivity contribution in [2.45, 2.75) is 33.2 Å². The highest BCUT2D eigenvalue weighted by Gasteiger charge is 2.24. The molecule has 7 heteroatoms. The van der Waals surface area contributed by atoms with Crippen LogP contribution >= 0.6 is 0 Å². The minimum absolute atomic E-state index is 0.124. The van der Waals surface area contributed by atoms with E-state index in [4.69, 9.17) is 4.74 Å². The maximum atomic E-state index is 14.1. The summed E-state index contributed by atoms with van der Waals surface area (Å²) in [7, 11) is 0. The van der Waals surface area contributed by atoms with Gasteiger partial charge in [-0.25, -0.2) is 4.39 Å². The molecule has 1 unspecified atom stereocenters. The molecule has 3 N–H and O–H groups in total. The maximum Gasteiger partial charge on any atom is 0.247 e. The van der Waals surface area contributed by atoms with Gasteiger partial charge in [0.05, 0.1) is 6.61 Å². The van der Waals surface area contributed by atoms with E-state index >= 15 is 0 Å². The number of anilines is 1. The Morgan fingerprint density at radius 2 is 1.90 bits per heavy atom. The van der Waals surface area contributed by atoms with Crippen LogP contribution in [0, 0.1) is 11.7 Å². The van der Waals surface area contributed by atoms with Crippen molar-refractivity contribution < 1.29 is 18.7 Å². The molecule has 0 aliphatic rings. The number of amides is 2. The molecule has 0 fully saturated rings. The summed E-state index contributed by atoms with van der Waals surface area (Å²) in [5, 5.41) is 6.49. The Morgan fingerprint density at radius 3 is 2.60 bits per heavy atom. The van der Waals surface area contributed by atoms with Crippen LogP contribution in [-0.4, -0.2) is 29.4 Å². The predicted molar refractivity (Wildman–Crippen MR) is 115 cm³/mol. The van der Waals surface area contributed by atoms with E-state index in [2.05, 4.69) is 15.6 Å². The van der Waals surface area contributed by atoms with Crippen LogP contribution in [0.15, 0.2) is 48.7 Å². The quantitative estimate of drug-likeness (QED) is 0.523. The van der Waals surface area contributed by atoms with E-state index in [-0.39, 0.29) is 17.6 Å². The summed E-state index contributed by atoms with van der Waals surface area (Å²) in [5.74, 6) is -1.36. The van der Waals surface area contributed by atoms with Gasteiger partial charge in [-0.1, -0.05) is 32.0 Å². The molecule has 0 radical (unpaired) electrons. The molecule has 0 spiro atoms. The fraction of sp³-hybridized carbons (Fsp3) is 0.304. The van der Waals surface area contributed by atoms with Crippen molar-refractivity contribution in [2.24, 2.45) is 5.92 Å². The van der Waals surface area contributed by atoms with Gasteiger partial charge in [0, 0.05) is 41.2 Å². The molecule has 0 aliphatic heterocycles. The number of halogens is 1. The normalized spacial score (nSPS) is 12.0. The SMILES string of the molecule is CCOc1ccc(NC(=O)C(Cc2c[nH]c3ccccc23)NC(=O)C(C)C)cc1F. The number of hydrogen-bond donors (Lipinski definition) is 3. The topological polar surface area (TPSA) is 83.2 Å². The molecule has 0 saturated heterocycles. The minimum Gasteiger partial charge on any atom is -0.491 e. The van der Waals surface area contributed by atoms with Gasteiger partial charge in [0.25, 0.3) is 0 Å². The van der Waals surface area contributed by atoms with Crippen LogP contribution in [0.1, 0.15) is 26.3 Å². The van der Waals surface area contributed by atoms with Crippen LogP contribution in [0.4, 0.5) is 10.1 Å². The van der Waals surface area contributed by atoms with Crippen LogP contribution in [0.2, 0.25) is 0 Å². The highest BCUT2D eigenvalue weighted by Crippen LogP contribution is 2.22. The zero-order valence-electron chi connectivity index (χ0n) is 17.3. The zero-order chi connectivity index (χ0) is 21.7. The van der Waals surface area contributed by atoms with E-state index in [1.807, 2.05) is 30.5 Å². The lowest BCUT2D eigenvalue weighted by Gasteiger charge is -2.20. The summed E-state index contributed by atoms with van der Waals surface area (Å²) in [5.41, 5.74) is 2.16. The number of carbonyl (C=O) groups excluding carboxylic acids is 2. The number of hydrogen-bond acceptors (Lipinski definition) is 3. The van der Waals surface area contributed by atoms with Crippen molar-refractivity contribution in [3.8, 4) is 5.75 Å². The van der Waals surface area contributed by atoms with Gasteiger partial charge in [-0.15, -0.1) is 0 Å². The van der Waals surface area contributed by atoms with E-state index in [1.165, 1.54) is 12.1 Å². The van der Waals surface area contributed by atoms with Gasteiger partial charge in [-0.2, -0.15) is 0 Å². The summed E-state index contributed by atoms with van der Waals surface area (Å²) in [6.07, 6.45) is 2.14. The van der Waals surface area contributed by atoms with Gasteiger partial charge in [0.15, 0.2) is 11.6 Å². The molecule has 1 aromatic heterocycles. The number of aromatic nitrogens is 1. The van der Waals surface area contributed by atoms with Crippen LogP contribution in [0.25, 0.3) is 10.9 Å². The molecule has 3 aromatic rings. The van der Waals surface area contributed by atoms with Crippen molar-refractivity contribution in [2.75, 3.05) is 11.9 Å². The molecule has 1 heterocycles. The Hall–Kier alpha value is -3.35. The number of fused-ring (bicyclic) bond motifs is 1. The van der Waals surface area contributed by atoms with Gasteiger partial charge in [0.1, 0.15) is 6.04 Å². The number of aromatic amines is 1. The number of rotatable bonds is 8. The first kappa shape index (κ1) is 21.4. The molecule has 30 heavy (non-hydrogen) atoms. The third kappa shape index (κ3) is 4.97. The second-order valence-electron chi connectivity index (χ2n) is 7.35. The Bertz CT molecular complexity index is 1050. The van der Waals surface area contributed by atoms with Crippen LogP contribution in [-0.2, 0) is 16.0 Å². The molecular formula is C23H26FN3O3. The highest BCUT2D eigenvalue weighted by molar-refractivity contribution is 5.98. The molecule has 1 atom stereocenters. The number of ether oxygens (including phenoxy) is 1. The van der Waals surface area contributed by atoms with Crippen LogP contribution in [0.3, 0.4) is 0 Å². The Kier molecular flexibility index (Phi) is 6.72. The second kappa shape index (κ2) is 9.43. The monoisotopic (exact) mass is 411 g/mol. The van der Waals surface area contributed by atoms with Crippen LogP contribution < -0.4 is 15.4 Å². The zero-order valence-corrected chi connectivity index (χ0v) is 17.3. The molecule has 0 aliphatic carbocycles. The van der Waals surface area contributed by atoms with Crippen molar-refractivity contribution in [1.82, 2.24) is 10.3 Å². The lowest BCUT2D eigenvalue weighted by molar-refractivity contribution is -0.128. The summed E-state index contributed by atoms with van der Waals surface area (Å²) < 4.78 is 19.3. The van der Waals surface area contributed by atoms with Gasteiger partial charge < -0.3 is 20.4 Å². The average molecular weight is 411 g/mol. The average Bonchev–Trinajstić information content (AvgIpc) is 3.12.